The molecule has 1 aliphatic rings. The van der Waals surface area contributed by atoms with E-state index in [-0.39, 0.29) is 0 Å². The predicted octanol–water partition coefficient (Wildman–Crippen LogP) is 3.87. The summed E-state index contributed by atoms with van der Waals surface area (Å²) in [5.74, 6) is 0. The van der Waals surface area contributed by atoms with Gasteiger partial charge in [0, 0.05) is 6.54 Å². The molecule has 0 atom stereocenters. The van der Waals surface area contributed by atoms with Crippen LogP contribution in [0.5, 0.6) is 0 Å². The summed E-state index contributed by atoms with van der Waals surface area (Å²) in [6, 6.07) is 13.8. The smallest absolute Gasteiger partial charge is 0.0202 e. The zero-order valence-electron chi connectivity index (χ0n) is 11.8. The maximum absolute atomic E-state index is 3.20. The fourth-order valence-electron chi connectivity index (χ4n) is 3.10. The molecule has 0 aromatic heterocycles. The molecule has 0 saturated carbocycles. The van der Waals surface area contributed by atoms with Crippen molar-refractivity contribution < 1.29 is 0 Å². The normalized spacial score (nSPS) is 13.6. The van der Waals surface area contributed by atoms with Crippen LogP contribution in [0, 0.1) is 6.92 Å². The molecule has 1 nitrogen and oxygen atoms in total. The lowest BCUT2D eigenvalue weighted by molar-refractivity contribution is 0.817. The van der Waals surface area contributed by atoms with E-state index in [1.807, 2.05) is 7.05 Å². The monoisotopic (exact) mass is 251 g/mol. The lowest BCUT2D eigenvalue weighted by atomic mass is 9.96. The Morgan fingerprint density at radius 1 is 1.00 bits per heavy atom. The highest BCUT2D eigenvalue weighted by Gasteiger charge is 2.12. The number of benzene rings is 2. The summed E-state index contributed by atoms with van der Waals surface area (Å²) in [5.41, 5.74) is 8.56. The molecule has 1 aliphatic carbocycles. The Hall–Kier alpha value is -1.60. The van der Waals surface area contributed by atoms with Gasteiger partial charge in [-0.05, 0) is 66.6 Å². The van der Waals surface area contributed by atoms with Crippen LogP contribution in [0.2, 0.25) is 0 Å². The van der Waals surface area contributed by atoms with Gasteiger partial charge in [0.25, 0.3) is 0 Å². The lowest BCUT2D eigenvalue weighted by Gasteiger charge is -2.10. The molecule has 0 aliphatic heterocycles. The van der Waals surface area contributed by atoms with E-state index < -0.39 is 0 Å². The Kier molecular flexibility index (Phi) is 3.39. The minimum absolute atomic E-state index is 0.936. The summed E-state index contributed by atoms with van der Waals surface area (Å²) in [4.78, 5) is 0. The van der Waals surface area contributed by atoms with E-state index in [0.29, 0.717) is 0 Å². The van der Waals surface area contributed by atoms with Crippen molar-refractivity contribution in [1.29, 1.82) is 0 Å². The third-order valence-electron chi connectivity index (χ3n) is 4.08. The van der Waals surface area contributed by atoms with Gasteiger partial charge in [-0.1, -0.05) is 36.4 Å². The van der Waals surface area contributed by atoms with Crippen molar-refractivity contribution in [1.82, 2.24) is 5.32 Å². The number of fused-ring (bicyclic) bond motifs is 1. The fraction of sp³-hybridized carbons (Fsp3) is 0.333. The molecule has 1 N–H and O–H groups in total. The average Bonchev–Trinajstić information content (AvgIpc) is 2.86. The van der Waals surface area contributed by atoms with Crippen LogP contribution in [0.3, 0.4) is 0 Å². The number of rotatable bonds is 3. The van der Waals surface area contributed by atoms with Crippen LogP contribution >= 0.6 is 0 Å². The second-order valence-corrected chi connectivity index (χ2v) is 5.52. The Morgan fingerprint density at radius 3 is 2.63 bits per heavy atom. The summed E-state index contributed by atoms with van der Waals surface area (Å²) in [5, 5.41) is 3.20. The maximum atomic E-state index is 3.20. The van der Waals surface area contributed by atoms with E-state index in [4.69, 9.17) is 0 Å². The van der Waals surface area contributed by atoms with Crippen molar-refractivity contribution in [2.45, 2.75) is 32.7 Å². The summed E-state index contributed by atoms with van der Waals surface area (Å²) in [6.45, 7) is 3.15. The molecule has 0 spiro atoms. The molecule has 1 heteroatoms. The maximum Gasteiger partial charge on any atom is 0.0202 e. The quantitative estimate of drug-likeness (QED) is 0.873. The first-order chi connectivity index (χ1) is 9.28. The first-order valence-corrected chi connectivity index (χ1v) is 7.14. The molecule has 0 unspecified atom stereocenters. The highest BCUT2D eigenvalue weighted by Crippen LogP contribution is 2.30. The highest BCUT2D eigenvalue weighted by atomic mass is 14.8. The van der Waals surface area contributed by atoms with Crippen LogP contribution in [0.15, 0.2) is 36.4 Å². The molecule has 3 rings (SSSR count). The Morgan fingerprint density at radius 2 is 1.84 bits per heavy atom. The van der Waals surface area contributed by atoms with Gasteiger partial charge in [0.1, 0.15) is 0 Å². The van der Waals surface area contributed by atoms with E-state index in [2.05, 4.69) is 48.6 Å². The Labute approximate surface area is 115 Å². The Balaban J connectivity index is 1.97. The van der Waals surface area contributed by atoms with E-state index >= 15 is 0 Å². The summed E-state index contributed by atoms with van der Waals surface area (Å²) >= 11 is 0. The van der Waals surface area contributed by atoms with Gasteiger partial charge in [0.15, 0.2) is 0 Å². The van der Waals surface area contributed by atoms with Crippen molar-refractivity contribution in [3.63, 3.8) is 0 Å². The molecule has 0 bridgehead atoms. The molecule has 0 amide bonds. The minimum Gasteiger partial charge on any atom is -0.316 e. The first kappa shape index (κ1) is 12.4. The lowest BCUT2D eigenvalue weighted by Crippen LogP contribution is -2.05. The van der Waals surface area contributed by atoms with Crippen molar-refractivity contribution in [2.75, 3.05) is 7.05 Å². The van der Waals surface area contributed by atoms with Crippen LogP contribution < -0.4 is 5.32 Å². The predicted molar refractivity (Wildman–Crippen MR) is 81.4 cm³/mol. The van der Waals surface area contributed by atoms with Crippen LogP contribution in [-0.2, 0) is 19.4 Å². The van der Waals surface area contributed by atoms with Gasteiger partial charge in [-0.15, -0.1) is 0 Å². The van der Waals surface area contributed by atoms with Gasteiger partial charge in [0.05, 0.1) is 0 Å². The van der Waals surface area contributed by atoms with Crippen molar-refractivity contribution in [3.05, 3.63) is 58.7 Å². The topological polar surface area (TPSA) is 12.0 Å². The minimum atomic E-state index is 0.936. The third kappa shape index (κ3) is 2.43. The molecule has 0 heterocycles. The summed E-state index contributed by atoms with van der Waals surface area (Å²) in [6.07, 6.45) is 3.83. The van der Waals surface area contributed by atoms with Gasteiger partial charge in [-0.25, -0.2) is 0 Å². The molecule has 0 saturated heterocycles. The molecule has 0 fully saturated rings. The van der Waals surface area contributed by atoms with Crippen molar-refractivity contribution in [2.24, 2.45) is 0 Å². The molecular weight excluding hydrogens is 230 g/mol. The van der Waals surface area contributed by atoms with Crippen LogP contribution in [0.25, 0.3) is 11.1 Å². The van der Waals surface area contributed by atoms with Gasteiger partial charge in [0.2, 0.25) is 0 Å². The van der Waals surface area contributed by atoms with Gasteiger partial charge in [-0.2, -0.15) is 0 Å². The Bertz CT molecular complexity index is 599. The number of nitrogens with one attached hydrogen (secondary N) is 1. The zero-order valence-corrected chi connectivity index (χ0v) is 11.8. The van der Waals surface area contributed by atoms with E-state index in [1.54, 1.807) is 11.1 Å². The van der Waals surface area contributed by atoms with Gasteiger partial charge < -0.3 is 5.32 Å². The van der Waals surface area contributed by atoms with Crippen molar-refractivity contribution in [3.8, 4) is 11.1 Å². The molecule has 0 radical (unpaired) electrons. The standard InChI is InChI=1S/C18H21N/c1-13-10-14(12-19-2)6-9-18(13)17-8-7-15-4-3-5-16(15)11-17/h6-11,19H,3-5,12H2,1-2H3. The third-order valence-corrected chi connectivity index (χ3v) is 4.08. The molecule has 19 heavy (non-hydrogen) atoms. The van der Waals surface area contributed by atoms with Crippen LogP contribution in [0.1, 0.15) is 28.7 Å². The van der Waals surface area contributed by atoms with Gasteiger partial charge in [-0.3, -0.25) is 0 Å². The van der Waals surface area contributed by atoms with Crippen LogP contribution in [0.4, 0.5) is 0 Å². The van der Waals surface area contributed by atoms with Crippen molar-refractivity contribution >= 4 is 0 Å². The number of aryl methyl sites for hydroxylation is 3. The average molecular weight is 251 g/mol. The summed E-state index contributed by atoms with van der Waals surface area (Å²) < 4.78 is 0. The van der Waals surface area contributed by atoms with Gasteiger partial charge >= 0.3 is 0 Å². The second kappa shape index (κ2) is 5.18. The highest BCUT2D eigenvalue weighted by molar-refractivity contribution is 5.69. The fourth-order valence-corrected chi connectivity index (χ4v) is 3.10. The SMILES string of the molecule is CNCc1ccc(-c2ccc3c(c2)CCC3)c(C)c1. The molecular formula is C18H21N. The number of hydrogen-bond acceptors (Lipinski definition) is 1. The summed E-state index contributed by atoms with van der Waals surface area (Å²) in [7, 11) is 1.99. The van der Waals surface area contributed by atoms with Crippen LogP contribution in [-0.4, -0.2) is 7.05 Å². The second-order valence-electron chi connectivity index (χ2n) is 5.52. The molecule has 2 aromatic rings. The number of hydrogen-bond donors (Lipinski definition) is 1. The largest absolute Gasteiger partial charge is 0.316 e. The van der Waals surface area contributed by atoms with E-state index in [9.17, 15) is 0 Å². The molecule has 98 valence electrons. The molecule has 2 aromatic carbocycles. The first-order valence-electron chi connectivity index (χ1n) is 7.14. The van der Waals surface area contributed by atoms with E-state index in [1.165, 1.54) is 41.5 Å². The zero-order chi connectivity index (χ0) is 13.2. The van der Waals surface area contributed by atoms with E-state index in [0.717, 1.165) is 6.54 Å².